The molecule has 1 aromatic carbocycles. The first-order chi connectivity index (χ1) is 12.7. The monoisotopic (exact) mass is 398 g/mol. The van der Waals surface area contributed by atoms with Crippen LogP contribution in [0.25, 0.3) is 0 Å². The summed E-state index contributed by atoms with van der Waals surface area (Å²) >= 11 is 2.88. The summed E-state index contributed by atoms with van der Waals surface area (Å²) in [5, 5.41) is 4.30. The van der Waals surface area contributed by atoms with Crippen molar-refractivity contribution < 1.29 is 13.5 Å². The molecule has 0 atom stereocenters. The molecule has 140 valence electrons. The Balaban J connectivity index is 1.65. The van der Waals surface area contributed by atoms with Gasteiger partial charge in [-0.05, 0) is 43.9 Å². The number of piperidine rings is 1. The number of aromatic nitrogens is 2. The van der Waals surface area contributed by atoms with Crippen LogP contribution in [0.3, 0.4) is 0 Å². The van der Waals surface area contributed by atoms with Gasteiger partial charge in [-0.25, -0.2) is 13.8 Å². The Morgan fingerprint density at radius 1 is 1.27 bits per heavy atom. The molecule has 0 spiro atoms. The van der Waals surface area contributed by atoms with Crippen LogP contribution in [-0.4, -0.2) is 35.4 Å². The quantitative estimate of drug-likeness (QED) is 0.417. The summed E-state index contributed by atoms with van der Waals surface area (Å²) in [5.74, 6) is -0.381. The van der Waals surface area contributed by atoms with Crippen LogP contribution in [-0.2, 0) is 5.75 Å². The van der Waals surface area contributed by atoms with Crippen molar-refractivity contribution in [3.05, 3.63) is 41.5 Å². The number of anilines is 1. The average molecular weight is 399 g/mol. The van der Waals surface area contributed by atoms with E-state index in [1.807, 2.05) is 0 Å². The Labute approximate surface area is 159 Å². The van der Waals surface area contributed by atoms with Gasteiger partial charge in [0, 0.05) is 22.6 Å². The highest BCUT2D eigenvalue weighted by Gasteiger charge is 2.15. The second-order valence-electron chi connectivity index (χ2n) is 5.75. The number of methoxy groups -OCH3 is 1. The minimum absolute atomic E-state index is 0.234. The predicted molar refractivity (Wildman–Crippen MR) is 102 cm³/mol. The third kappa shape index (κ3) is 5.21. The van der Waals surface area contributed by atoms with E-state index < -0.39 is 11.6 Å². The highest BCUT2D eigenvalue weighted by atomic mass is 32.2. The molecule has 0 bridgehead atoms. The average Bonchev–Trinajstić information content (AvgIpc) is 2.68. The zero-order valence-electron chi connectivity index (χ0n) is 14.3. The molecular formula is C17H20F2N4OS2. The van der Waals surface area contributed by atoms with Crippen molar-refractivity contribution >= 4 is 29.5 Å². The van der Waals surface area contributed by atoms with Crippen molar-refractivity contribution in [3.8, 4) is 5.88 Å². The SMILES string of the molecule is COc1cc(NSC2CCNCC2)nc(SCc2cccc(F)c2F)n1. The molecule has 26 heavy (non-hydrogen) atoms. The molecule has 1 aliphatic heterocycles. The van der Waals surface area contributed by atoms with Gasteiger partial charge in [0.15, 0.2) is 16.8 Å². The van der Waals surface area contributed by atoms with E-state index in [1.165, 1.54) is 24.9 Å². The van der Waals surface area contributed by atoms with Crippen LogP contribution in [0.5, 0.6) is 5.88 Å². The summed E-state index contributed by atoms with van der Waals surface area (Å²) < 4.78 is 35.6. The fourth-order valence-electron chi connectivity index (χ4n) is 2.48. The van der Waals surface area contributed by atoms with E-state index in [0.29, 0.717) is 22.1 Å². The molecule has 0 aliphatic carbocycles. The fraction of sp³-hybridized carbons (Fsp3) is 0.412. The summed E-state index contributed by atoms with van der Waals surface area (Å²) in [6, 6.07) is 5.87. The first kappa shape index (κ1) is 19.2. The first-order valence-electron chi connectivity index (χ1n) is 8.27. The lowest BCUT2D eigenvalue weighted by atomic mass is 10.2. The van der Waals surface area contributed by atoms with Gasteiger partial charge in [0.25, 0.3) is 0 Å². The highest BCUT2D eigenvalue weighted by molar-refractivity contribution is 8.01. The van der Waals surface area contributed by atoms with Crippen LogP contribution in [0.4, 0.5) is 14.6 Å². The molecule has 0 radical (unpaired) electrons. The highest BCUT2D eigenvalue weighted by Crippen LogP contribution is 2.28. The Morgan fingerprint density at radius 2 is 2.08 bits per heavy atom. The molecule has 3 rings (SSSR count). The van der Waals surface area contributed by atoms with E-state index in [0.717, 1.165) is 32.0 Å². The number of nitrogens with one attached hydrogen (secondary N) is 2. The number of hydrogen-bond acceptors (Lipinski definition) is 7. The maximum atomic E-state index is 13.8. The number of halogens is 2. The lowest BCUT2D eigenvalue weighted by Crippen LogP contribution is -2.29. The third-order valence-corrected chi connectivity index (χ3v) is 5.92. The van der Waals surface area contributed by atoms with Gasteiger partial charge in [-0.2, -0.15) is 4.98 Å². The molecule has 1 saturated heterocycles. The molecule has 0 unspecified atom stereocenters. The van der Waals surface area contributed by atoms with Crippen molar-refractivity contribution in [2.75, 3.05) is 24.9 Å². The predicted octanol–water partition coefficient (Wildman–Crippen LogP) is 3.87. The molecule has 1 aliphatic rings. The zero-order valence-corrected chi connectivity index (χ0v) is 15.9. The number of rotatable bonds is 7. The summed E-state index contributed by atoms with van der Waals surface area (Å²) in [6.45, 7) is 2.04. The van der Waals surface area contributed by atoms with Crippen LogP contribution >= 0.6 is 23.7 Å². The molecule has 0 saturated carbocycles. The number of hydrogen-bond donors (Lipinski definition) is 2. The Hall–Kier alpha value is -1.58. The van der Waals surface area contributed by atoms with Gasteiger partial charge >= 0.3 is 0 Å². The zero-order chi connectivity index (χ0) is 18.4. The molecule has 1 aromatic heterocycles. The van der Waals surface area contributed by atoms with Crippen molar-refractivity contribution in [3.63, 3.8) is 0 Å². The molecule has 1 fully saturated rings. The molecular weight excluding hydrogens is 378 g/mol. The number of nitrogens with zero attached hydrogens (tertiary/aromatic N) is 2. The molecule has 2 aromatic rings. The maximum absolute atomic E-state index is 13.8. The van der Waals surface area contributed by atoms with Gasteiger partial charge in [0.05, 0.1) is 7.11 Å². The van der Waals surface area contributed by atoms with Gasteiger partial charge in [-0.15, -0.1) is 0 Å². The Kier molecular flexibility index (Phi) is 6.93. The minimum atomic E-state index is -0.851. The van der Waals surface area contributed by atoms with Crippen molar-refractivity contribution in [1.29, 1.82) is 0 Å². The lowest BCUT2D eigenvalue weighted by Gasteiger charge is -2.22. The smallest absolute Gasteiger partial charge is 0.219 e. The Bertz CT molecular complexity index is 745. The Morgan fingerprint density at radius 3 is 2.85 bits per heavy atom. The van der Waals surface area contributed by atoms with E-state index in [1.54, 1.807) is 24.1 Å². The molecule has 0 amide bonds. The molecule has 5 nitrogen and oxygen atoms in total. The van der Waals surface area contributed by atoms with E-state index in [-0.39, 0.29) is 11.3 Å². The van der Waals surface area contributed by atoms with Crippen LogP contribution in [0.15, 0.2) is 29.4 Å². The standard InChI is InChI=1S/C17H20F2N4OS2/c1-24-15-9-14(23-26-12-5-7-20-8-6-12)21-17(22-15)25-10-11-3-2-4-13(18)16(11)19/h2-4,9,12,20H,5-8,10H2,1H3,(H,21,22,23). The second-order valence-corrected chi connectivity index (χ2v) is 7.80. The minimum Gasteiger partial charge on any atom is -0.481 e. The van der Waals surface area contributed by atoms with E-state index >= 15 is 0 Å². The number of ether oxygens (including phenoxy) is 1. The van der Waals surface area contributed by atoms with Gasteiger partial charge in [0.1, 0.15) is 5.82 Å². The molecule has 9 heteroatoms. The summed E-state index contributed by atoms with van der Waals surface area (Å²) in [5.41, 5.74) is 0.278. The first-order valence-corrected chi connectivity index (χ1v) is 10.1. The van der Waals surface area contributed by atoms with Gasteiger partial charge < -0.3 is 14.8 Å². The van der Waals surface area contributed by atoms with Crippen molar-refractivity contribution in [1.82, 2.24) is 15.3 Å². The van der Waals surface area contributed by atoms with Crippen LogP contribution in [0.1, 0.15) is 18.4 Å². The van der Waals surface area contributed by atoms with Crippen molar-refractivity contribution in [2.45, 2.75) is 29.0 Å². The number of thioether (sulfide) groups is 1. The summed E-state index contributed by atoms with van der Waals surface area (Å²) in [6.07, 6.45) is 2.20. The van der Waals surface area contributed by atoms with Gasteiger partial charge in [-0.1, -0.05) is 23.9 Å². The van der Waals surface area contributed by atoms with Crippen LogP contribution in [0.2, 0.25) is 0 Å². The lowest BCUT2D eigenvalue weighted by molar-refractivity contribution is 0.393. The normalized spacial score (nSPS) is 15.0. The topological polar surface area (TPSA) is 59.1 Å². The van der Waals surface area contributed by atoms with Gasteiger partial charge in [-0.3, -0.25) is 0 Å². The summed E-state index contributed by atoms with van der Waals surface area (Å²) in [7, 11) is 1.53. The number of benzene rings is 1. The third-order valence-electron chi connectivity index (χ3n) is 3.90. The summed E-state index contributed by atoms with van der Waals surface area (Å²) in [4.78, 5) is 8.71. The van der Waals surface area contributed by atoms with E-state index in [2.05, 4.69) is 20.0 Å². The maximum Gasteiger partial charge on any atom is 0.219 e. The van der Waals surface area contributed by atoms with E-state index in [9.17, 15) is 8.78 Å². The molecule has 2 heterocycles. The van der Waals surface area contributed by atoms with Crippen LogP contribution < -0.4 is 14.8 Å². The van der Waals surface area contributed by atoms with E-state index in [4.69, 9.17) is 4.74 Å². The largest absolute Gasteiger partial charge is 0.481 e. The van der Waals surface area contributed by atoms with Crippen molar-refractivity contribution in [2.24, 2.45) is 0 Å². The van der Waals surface area contributed by atoms with Gasteiger partial charge in [0.2, 0.25) is 5.88 Å². The fourth-order valence-corrected chi connectivity index (χ4v) is 4.17. The molecule has 2 N–H and O–H groups in total. The second kappa shape index (κ2) is 9.38. The van der Waals surface area contributed by atoms with Crippen LogP contribution in [0, 0.1) is 11.6 Å².